The van der Waals surface area contributed by atoms with E-state index in [2.05, 4.69) is 50.1 Å². The number of rotatable bonds is 4. The SMILES string of the molecule is C.CC.Cc1noc(N2C[C@H]3CC[C@@H](C2)C3Cc2nc3n(n2)CCCC3c2ccccc2)n1. The van der Waals surface area contributed by atoms with E-state index in [0.717, 1.165) is 44.1 Å². The summed E-state index contributed by atoms with van der Waals surface area (Å²) in [7, 11) is 0. The number of hydrogen-bond acceptors (Lipinski definition) is 6. The van der Waals surface area contributed by atoms with E-state index >= 15 is 0 Å². The molecule has 3 aromatic rings. The van der Waals surface area contributed by atoms with Crippen LogP contribution in [0.25, 0.3) is 0 Å². The lowest BCUT2D eigenvalue weighted by molar-refractivity contribution is 0.254. The Morgan fingerprint density at radius 2 is 1.73 bits per heavy atom. The smallest absolute Gasteiger partial charge is 0.324 e. The largest absolute Gasteiger partial charge is 0.324 e. The van der Waals surface area contributed by atoms with Gasteiger partial charge in [-0.05, 0) is 55.9 Å². The molecule has 1 aliphatic carbocycles. The van der Waals surface area contributed by atoms with E-state index in [4.69, 9.17) is 14.6 Å². The number of nitrogens with zero attached hydrogens (tertiary/aromatic N) is 6. The maximum Gasteiger partial charge on any atom is 0.324 e. The Hall–Kier alpha value is -2.70. The fourth-order valence-electron chi connectivity index (χ4n) is 5.94. The van der Waals surface area contributed by atoms with Gasteiger partial charge in [-0.2, -0.15) is 10.1 Å². The second-order valence-electron chi connectivity index (χ2n) is 9.21. The highest BCUT2D eigenvalue weighted by molar-refractivity contribution is 5.29. The summed E-state index contributed by atoms with van der Waals surface area (Å²) >= 11 is 0. The molecule has 3 aliphatic rings. The van der Waals surface area contributed by atoms with E-state index in [1.54, 1.807) is 0 Å². The number of aromatic nitrogens is 5. The summed E-state index contributed by atoms with van der Waals surface area (Å²) in [6, 6.07) is 11.5. The topological polar surface area (TPSA) is 72.9 Å². The van der Waals surface area contributed by atoms with Crippen LogP contribution in [0, 0.1) is 24.7 Å². The van der Waals surface area contributed by atoms with Crippen LogP contribution in [0.1, 0.15) is 75.9 Å². The van der Waals surface area contributed by atoms with Gasteiger partial charge < -0.3 is 9.42 Å². The average molecular weight is 451 g/mol. The van der Waals surface area contributed by atoms with Crippen LogP contribution < -0.4 is 4.90 Å². The van der Waals surface area contributed by atoms with Crippen LogP contribution in [0.15, 0.2) is 34.9 Å². The molecule has 1 saturated heterocycles. The van der Waals surface area contributed by atoms with E-state index in [1.807, 2.05) is 20.8 Å². The van der Waals surface area contributed by atoms with Gasteiger partial charge in [0.2, 0.25) is 0 Å². The summed E-state index contributed by atoms with van der Waals surface area (Å²) in [6.45, 7) is 8.88. The molecule has 7 heteroatoms. The first-order valence-electron chi connectivity index (χ1n) is 12.3. The average Bonchev–Trinajstić information content (AvgIpc) is 3.51. The third kappa shape index (κ3) is 4.55. The highest BCUT2D eigenvalue weighted by Gasteiger charge is 2.43. The second-order valence-corrected chi connectivity index (χ2v) is 9.21. The first-order valence-corrected chi connectivity index (χ1v) is 12.3. The third-order valence-electron chi connectivity index (χ3n) is 7.36. The molecule has 0 radical (unpaired) electrons. The number of aryl methyl sites for hydroxylation is 2. The quantitative estimate of drug-likeness (QED) is 0.540. The van der Waals surface area contributed by atoms with Crippen LogP contribution in [-0.4, -0.2) is 38.0 Å². The molecule has 33 heavy (non-hydrogen) atoms. The Morgan fingerprint density at radius 3 is 2.39 bits per heavy atom. The van der Waals surface area contributed by atoms with E-state index in [1.165, 1.54) is 24.8 Å². The number of benzene rings is 1. The van der Waals surface area contributed by atoms with Gasteiger partial charge in [-0.1, -0.05) is 56.8 Å². The van der Waals surface area contributed by atoms with Crippen molar-refractivity contribution in [3.8, 4) is 0 Å². The Bertz CT molecular complexity index is 1010. The molecule has 6 rings (SSSR count). The fraction of sp³-hybridized carbons (Fsp3) is 0.615. The number of piperidine rings is 1. The van der Waals surface area contributed by atoms with Crippen LogP contribution >= 0.6 is 0 Å². The van der Waals surface area contributed by atoms with Gasteiger partial charge in [0, 0.05) is 32.0 Å². The molecule has 0 N–H and O–H groups in total. The minimum Gasteiger partial charge on any atom is -0.324 e. The van der Waals surface area contributed by atoms with Crippen molar-refractivity contribution in [1.82, 2.24) is 24.9 Å². The van der Waals surface area contributed by atoms with Gasteiger partial charge in [0.25, 0.3) is 0 Å². The predicted molar refractivity (Wildman–Crippen MR) is 130 cm³/mol. The number of anilines is 1. The number of fused-ring (bicyclic) bond motifs is 3. The van der Waals surface area contributed by atoms with E-state index in [-0.39, 0.29) is 7.43 Å². The van der Waals surface area contributed by atoms with E-state index in [9.17, 15) is 0 Å². The Kier molecular flexibility index (Phi) is 7.15. The van der Waals surface area contributed by atoms with Crippen molar-refractivity contribution in [2.45, 2.75) is 72.8 Å². The van der Waals surface area contributed by atoms with Gasteiger partial charge in [-0.3, -0.25) is 0 Å². The molecule has 178 valence electrons. The van der Waals surface area contributed by atoms with Crippen LogP contribution in [0.2, 0.25) is 0 Å². The monoisotopic (exact) mass is 450 g/mol. The van der Waals surface area contributed by atoms with Crippen LogP contribution in [-0.2, 0) is 13.0 Å². The zero-order chi connectivity index (χ0) is 22.1. The van der Waals surface area contributed by atoms with Gasteiger partial charge in [0.05, 0.1) is 0 Å². The number of hydrogen-bond donors (Lipinski definition) is 0. The zero-order valence-electron chi connectivity index (χ0n) is 19.4. The van der Waals surface area contributed by atoms with E-state index < -0.39 is 0 Å². The van der Waals surface area contributed by atoms with E-state index in [0.29, 0.717) is 35.5 Å². The summed E-state index contributed by atoms with van der Waals surface area (Å²) in [6.07, 6.45) is 5.88. The lowest BCUT2D eigenvalue weighted by Crippen LogP contribution is -2.43. The summed E-state index contributed by atoms with van der Waals surface area (Å²) < 4.78 is 7.60. The standard InChI is InChI=1S/C23H28N6O.C2H6.CH4/c1-15-24-23(30-27-15)28-13-17-9-10-18(14-28)20(17)12-21-25-22-19(8-5-11-29(22)26-21)16-6-3-2-4-7-16;1-2;/h2-4,6-7,17-20H,5,8-14H2,1H3;1-2H3;1H4/t17-,18+,19?,20?;;. The molecular formula is C26H38N6O. The Morgan fingerprint density at radius 1 is 1.00 bits per heavy atom. The van der Waals surface area contributed by atoms with Crippen molar-refractivity contribution in [3.05, 3.63) is 53.4 Å². The first-order chi connectivity index (χ1) is 15.7. The maximum absolute atomic E-state index is 5.43. The summed E-state index contributed by atoms with van der Waals surface area (Å²) in [5.41, 5.74) is 1.36. The summed E-state index contributed by atoms with van der Waals surface area (Å²) in [4.78, 5) is 11.8. The van der Waals surface area contributed by atoms with Crippen molar-refractivity contribution in [3.63, 3.8) is 0 Å². The van der Waals surface area contributed by atoms with Crippen molar-refractivity contribution >= 4 is 6.01 Å². The van der Waals surface area contributed by atoms with Crippen LogP contribution in [0.3, 0.4) is 0 Å². The zero-order valence-corrected chi connectivity index (χ0v) is 19.4. The van der Waals surface area contributed by atoms with Crippen LogP contribution in [0.4, 0.5) is 6.01 Å². The van der Waals surface area contributed by atoms with Crippen molar-refractivity contribution in [1.29, 1.82) is 0 Å². The molecule has 2 unspecified atom stereocenters. The molecule has 1 saturated carbocycles. The predicted octanol–water partition coefficient (Wildman–Crippen LogP) is 5.26. The molecule has 4 atom stereocenters. The summed E-state index contributed by atoms with van der Waals surface area (Å²) in [5, 5.41) is 8.92. The Labute approximate surface area is 197 Å². The van der Waals surface area contributed by atoms with Crippen LogP contribution in [0.5, 0.6) is 0 Å². The molecular weight excluding hydrogens is 412 g/mol. The third-order valence-corrected chi connectivity index (χ3v) is 7.36. The minimum absolute atomic E-state index is 0. The molecule has 4 heterocycles. The molecule has 0 spiro atoms. The Balaban J connectivity index is 0.000000842. The fourth-order valence-corrected chi connectivity index (χ4v) is 5.94. The van der Waals surface area contributed by atoms with Gasteiger partial charge >= 0.3 is 6.01 Å². The normalized spacial score (nSPS) is 25.6. The second kappa shape index (κ2) is 10.1. The van der Waals surface area contributed by atoms with Gasteiger partial charge in [-0.25, -0.2) is 9.67 Å². The molecule has 2 fully saturated rings. The van der Waals surface area contributed by atoms with Crippen molar-refractivity contribution in [2.24, 2.45) is 17.8 Å². The molecule has 2 aromatic heterocycles. The highest BCUT2D eigenvalue weighted by Crippen LogP contribution is 2.44. The molecule has 2 aliphatic heterocycles. The first kappa shape index (κ1) is 23.5. The molecule has 7 nitrogen and oxygen atoms in total. The summed E-state index contributed by atoms with van der Waals surface area (Å²) in [5.74, 6) is 5.25. The van der Waals surface area contributed by atoms with Gasteiger partial charge in [-0.15, -0.1) is 0 Å². The molecule has 1 aromatic carbocycles. The highest BCUT2D eigenvalue weighted by atomic mass is 16.5. The van der Waals surface area contributed by atoms with Gasteiger partial charge in [0.15, 0.2) is 11.6 Å². The maximum atomic E-state index is 5.43. The molecule has 2 bridgehead atoms. The van der Waals surface area contributed by atoms with Crippen molar-refractivity contribution in [2.75, 3.05) is 18.0 Å². The minimum atomic E-state index is 0. The van der Waals surface area contributed by atoms with Crippen molar-refractivity contribution < 1.29 is 4.52 Å². The molecule has 0 amide bonds. The lowest BCUT2D eigenvalue weighted by Gasteiger charge is -2.36. The van der Waals surface area contributed by atoms with Gasteiger partial charge in [0.1, 0.15) is 5.82 Å². The lowest BCUT2D eigenvalue weighted by atomic mass is 9.82.